The van der Waals surface area contributed by atoms with E-state index < -0.39 is 11.6 Å². The summed E-state index contributed by atoms with van der Waals surface area (Å²) in [5, 5.41) is 12.5. The molecule has 12 rings (SSSR count). The van der Waals surface area contributed by atoms with Crippen molar-refractivity contribution in [3.63, 3.8) is 0 Å². The molecule has 8 aromatic carbocycles. The topological polar surface area (TPSA) is 36.9 Å². The number of hydrogen-bond donors (Lipinski definition) is 0. The zero-order valence-electron chi connectivity index (χ0n) is 29.5. The van der Waals surface area contributed by atoms with Gasteiger partial charge in [-0.25, -0.2) is 0 Å². The monoisotopic (exact) mass is 676 g/mol. The molecule has 0 spiro atoms. The Labute approximate surface area is 301 Å². The van der Waals surface area contributed by atoms with E-state index in [1.54, 1.807) is 28.4 Å². The molecule has 4 bridgehead atoms. The highest BCUT2D eigenvalue weighted by Crippen LogP contribution is 2.66. The molecule has 4 atom stereocenters. The third-order valence-corrected chi connectivity index (χ3v) is 13.5. The average Bonchev–Trinajstić information content (AvgIpc) is 3.84. The molecule has 0 saturated carbocycles. The Bertz CT molecular complexity index is 2700. The number of benzene rings is 8. The molecular weight excluding hydrogens is 641 g/mol. The Morgan fingerprint density at radius 3 is 0.865 bits per heavy atom. The lowest BCUT2D eigenvalue weighted by atomic mass is 9.81. The van der Waals surface area contributed by atoms with Crippen molar-refractivity contribution in [3.05, 3.63) is 166 Å². The lowest BCUT2D eigenvalue weighted by Gasteiger charge is -2.31. The van der Waals surface area contributed by atoms with Crippen LogP contribution < -0.4 is 0 Å². The van der Waals surface area contributed by atoms with E-state index in [0.717, 1.165) is 0 Å². The summed E-state index contributed by atoms with van der Waals surface area (Å²) in [6.45, 7) is 0. The van der Waals surface area contributed by atoms with Crippen LogP contribution in [0.25, 0.3) is 53.9 Å². The van der Waals surface area contributed by atoms with E-state index in [4.69, 9.17) is 18.9 Å². The summed E-state index contributed by atoms with van der Waals surface area (Å²) >= 11 is 0. The maximum atomic E-state index is 6.41. The van der Waals surface area contributed by atoms with Gasteiger partial charge in [0, 0.05) is 28.4 Å². The second-order valence-corrected chi connectivity index (χ2v) is 15.3. The maximum absolute atomic E-state index is 6.41. The van der Waals surface area contributed by atoms with Crippen molar-refractivity contribution < 1.29 is 18.9 Å². The average molecular weight is 677 g/mol. The van der Waals surface area contributed by atoms with Gasteiger partial charge >= 0.3 is 0 Å². The van der Waals surface area contributed by atoms with Crippen molar-refractivity contribution >= 4 is 53.9 Å². The molecule has 0 N–H and O–H groups in total. The first-order valence-electron chi connectivity index (χ1n) is 18.3. The summed E-state index contributed by atoms with van der Waals surface area (Å²) in [7, 11) is 7.21. The van der Waals surface area contributed by atoms with Gasteiger partial charge in [0.2, 0.25) is 0 Å². The standard InChI is InChI=1S/C48H36O4/c1-49-47(50-2)43-35-17-25-9-5-7-11-27(25)19-37(35)45(47)41-23-33-29(21-39(41)43)13-15-32-31(33)16-14-30-22-40-42(24-34(30)32)46-38-20-28-12-8-6-10-26(28)18-36(38)44(40)48(46,51-3)52-4/h5-24,43-46H,1-4H3. The Kier molecular flexibility index (Phi) is 5.59. The summed E-state index contributed by atoms with van der Waals surface area (Å²) in [5.74, 6) is -1.60. The zero-order chi connectivity index (χ0) is 34.7. The van der Waals surface area contributed by atoms with Crippen LogP contribution >= 0.6 is 0 Å². The molecule has 4 heteroatoms. The predicted molar refractivity (Wildman–Crippen MR) is 208 cm³/mol. The second kappa shape index (κ2) is 9.86. The zero-order valence-corrected chi connectivity index (χ0v) is 29.5. The smallest absolute Gasteiger partial charge is 0.189 e. The van der Waals surface area contributed by atoms with Gasteiger partial charge in [-0.2, -0.15) is 0 Å². The summed E-state index contributed by atoms with van der Waals surface area (Å²) in [4.78, 5) is 0. The first kappa shape index (κ1) is 29.5. The Hall–Kier alpha value is -5.10. The lowest BCUT2D eigenvalue weighted by molar-refractivity contribution is -0.210. The number of methoxy groups -OCH3 is 4. The number of rotatable bonds is 4. The molecule has 0 saturated heterocycles. The van der Waals surface area contributed by atoms with Gasteiger partial charge in [-0.05, 0) is 111 Å². The van der Waals surface area contributed by atoms with Crippen LogP contribution in [0, 0.1) is 0 Å². The Balaban J connectivity index is 1.07. The van der Waals surface area contributed by atoms with Crippen LogP contribution in [0.5, 0.6) is 0 Å². The van der Waals surface area contributed by atoms with Gasteiger partial charge < -0.3 is 18.9 Å². The van der Waals surface area contributed by atoms with Crippen molar-refractivity contribution in [2.24, 2.45) is 0 Å². The van der Waals surface area contributed by atoms with Gasteiger partial charge in [-0.3, -0.25) is 0 Å². The number of fused-ring (bicyclic) bond motifs is 23. The number of ether oxygens (including phenoxy) is 4. The fourth-order valence-corrected chi connectivity index (χ4v) is 11.4. The largest absolute Gasteiger partial charge is 0.351 e. The second-order valence-electron chi connectivity index (χ2n) is 15.3. The van der Waals surface area contributed by atoms with Crippen molar-refractivity contribution in [1.82, 2.24) is 0 Å². The van der Waals surface area contributed by atoms with Crippen molar-refractivity contribution in [3.8, 4) is 0 Å². The minimum absolute atomic E-state index is 0.00125. The van der Waals surface area contributed by atoms with Crippen LogP contribution in [0.3, 0.4) is 0 Å². The lowest BCUT2D eigenvalue weighted by Crippen LogP contribution is -2.37. The van der Waals surface area contributed by atoms with Crippen LogP contribution in [-0.2, 0) is 18.9 Å². The van der Waals surface area contributed by atoms with E-state index in [1.807, 2.05) is 0 Å². The Morgan fingerprint density at radius 1 is 0.308 bits per heavy atom. The molecule has 252 valence electrons. The van der Waals surface area contributed by atoms with E-state index in [1.165, 1.54) is 98.4 Å². The van der Waals surface area contributed by atoms with Crippen molar-refractivity contribution in [2.45, 2.75) is 35.2 Å². The van der Waals surface area contributed by atoms with Crippen LogP contribution in [0.2, 0.25) is 0 Å². The molecule has 0 aliphatic heterocycles. The fraction of sp³-hybridized carbons (Fsp3) is 0.208. The molecule has 4 aliphatic rings. The van der Waals surface area contributed by atoms with Gasteiger partial charge in [0.25, 0.3) is 0 Å². The predicted octanol–water partition coefficient (Wildman–Crippen LogP) is 10.6. The molecule has 0 amide bonds. The van der Waals surface area contributed by atoms with Crippen molar-refractivity contribution in [1.29, 1.82) is 0 Å². The molecule has 0 heterocycles. The van der Waals surface area contributed by atoms with E-state index in [0.29, 0.717) is 0 Å². The fourth-order valence-electron chi connectivity index (χ4n) is 11.4. The number of hydrogen-bond acceptors (Lipinski definition) is 4. The highest BCUT2D eigenvalue weighted by molar-refractivity contribution is 6.18. The highest BCUT2D eigenvalue weighted by atomic mass is 16.7. The van der Waals surface area contributed by atoms with E-state index in [9.17, 15) is 0 Å². The van der Waals surface area contributed by atoms with Gasteiger partial charge in [-0.1, -0.05) is 109 Å². The van der Waals surface area contributed by atoms with Gasteiger partial charge in [0.1, 0.15) is 0 Å². The summed E-state index contributed by atoms with van der Waals surface area (Å²) in [6.07, 6.45) is 0. The maximum Gasteiger partial charge on any atom is 0.189 e. The highest BCUT2D eigenvalue weighted by Gasteiger charge is 2.63. The Morgan fingerprint density at radius 2 is 0.577 bits per heavy atom. The molecule has 0 aromatic heterocycles. The SMILES string of the molecule is COC1(OC)C2c3cc4ccccc4cc3C1c1cc3c(ccc4c5cc6c(cc5ccc34)C3c4cc5ccccc5cc4C6C3(OC)OC)cc12. The molecule has 52 heavy (non-hydrogen) atoms. The minimum atomic E-state index is -0.779. The van der Waals surface area contributed by atoms with Crippen LogP contribution in [-0.4, -0.2) is 40.0 Å². The van der Waals surface area contributed by atoms with Crippen molar-refractivity contribution in [2.75, 3.05) is 28.4 Å². The van der Waals surface area contributed by atoms with Gasteiger partial charge in [-0.15, -0.1) is 0 Å². The molecular formula is C48H36O4. The minimum Gasteiger partial charge on any atom is -0.351 e. The van der Waals surface area contributed by atoms with E-state index >= 15 is 0 Å². The summed E-state index contributed by atoms with van der Waals surface area (Å²) in [6, 6.07) is 45.6. The normalized spacial score (nSPS) is 22.5. The van der Waals surface area contributed by atoms with Gasteiger partial charge in [0.05, 0.1) is 23.7 Å². The molecule has 4 aliphatic carbocycles. The molecule has 4 unspecified atom stereocenters. The third kappa shape index (κ3) is 3.26. The summed E-state index contributed by atoms with van der Waals surface area (Å²) in [5.41, 5.74) is 10.5. The van der Waals surface area contributed by atoms with Crippen LogP contribution in [0.15, 0.2) is 121 Å². The van der Waals surface area contributed by atoms with Crippen LogP contribution in [0.4, 0.5) is 0 Å². The quantitative estimate of drug-likeness (QED) is 0.137. The van der Waals surface area contributed by atoms with E-state index in [-0.39, 0.29) is 23.7 Å². The molecule has 4 nitrogen and oxygen atoms in total. The molecule has 8 aromatic rings. The van der Waals surface area contributed by atoms with E-state index in [2.05, 4.69) is 121 Å². The van der Waals surface area contributed by atoms with Crippen LogP contribution in [0.1, 0.15) is 68.2 Å². The van der Waals surface area contributed by atoms with Gasteiger partial charge in [0.15, 0.2) is 11.6 Å². The first-order valence-corrected chi connectivity index (χ1v) is 18.3. The third-order valence-electron chi connectivity index (χ3n) is 13.5. The first-order chi connectivity index (χ1) is 25.5. The molecule has 0 fully saturated rings. The summed E-state index contributed by atoms with van der Waals surface area (Å²) < 4.78 is 25.6. The molecule has 0 radical (unpaired) electrons.